The van der Waals surface area contributed by atoms with Crippen LogP contribution in [0.5, 0.6) is 0 Å². The van der Waals surface area contributed by atoms with E-state index in [9.17, 15) is 4.79 Å². The Labute approximate surface area is 133 Å². The van der Waals surface area contributed by atoms with E-state index in [4.69, 9.17) is 4.74 Å². The summed E-state index contributed by atoms with van der Waals surface area (Å²) < 4.78 is 5.33. The number of nitrogens with zero attached hydrogens (tertiary/aromatic N) is 1. The van der Waals surface area contributed by atoms with Crippen LogP contribution in [0, 0.1) is 0 Å². The van der Waals surface area contributed by atoms with Gasteiger partial charge in [0.1, 0.15) is 6.04 Å². The van der Waals surface area contributed by atoms with Crippen LogP contribution in [0.15, 0.2) is 24.3 Å². The van der Waals surface area contributed by atoms with Gasteiger partial charge in [-0.2, -0.15) is 0 Å². The molecule has 1 saturated heterocycles. The van der Waals surface area contributed by atoms with Gasteiger partial charge in [-0.1, -0.05) is 38.1 Å². The van der Waals surface area contributed by atoms with E-state index in [1.54, 1.807) is 0 Å². The highest BCUT2D eigenvalue weighted by Crippen LogP contribution is 2.12. The average Bonchev–Trinajstić information content (AvgIpc) is 2.59. The molecule has 1 atom stereocenters. The van der Waals surface area contributed by atoms with Crippen molar-refractivity contribution in [1.82, 2.24) is 15.5 Å². The van der Waals surface area contributed by atoms with E-state index < -0.39 is 0 Å². The second-order valence-electron chi connectivity index (χ2n) is 5.53. The second kappa shape index (κ2) is 8.88. The van der Waals surface area contributed by atoms with Crippen LogP contribution in [0.25, 0.3) is 0 Å². The molecule has 1 heterocycles. The Hall–Kier alpha value is -1.43. The first-order chi connectivity index (χ1) is 10.7. The molecule has 1 unspecified atom stereocenters. The van der Waals surface area contributed by atoms with Crippen molar-refractivity contribution in [3.05, 3.63) is 35.4 Å². The number of rotatable bonds is 7. The van der Waals surface area contributed by atoms with Gasteiger partial charge < -0.3 is 15.4 Å². The van der Waals surface area contributed by atoms with Crippen LogP contribution in [0.2, 0.25) is 0 Å². The summed E-state index contributed by atoms with van der Waals surface area (Å²) in [5.41, 5.74) is 2.46. The summed E-state index contributed by atoms with van der Waals surface area (Å²) in [6, 6.07) is 8.07. The largest absolute Gasteiger partial charge is 0.378 e. The normalized spacial score (nSPS) is 18.4. The lowest BCUT2D eigenvalue weighted by atomic mass is 10.1. The summed E-state index contributed by atoms with van der Waals surface area (Å²) in [6.45, 7) is 9.74. The smallest absolute Gasteiger partial charge is 0.239 e. The van der Waals surface area contributed by atoms with Gasteiger partial charge in [0.2, 0.25) is 5.91 Å². The fraction of sp³-hybridized carbons (Fsp3) is 0.588. The number of carbonyl (C=O) groups is 1. The van der Waals surface area contributed by atoms with E-state index in [1.165, 1.54) is 11.1 Å². The summed E-state index contributed by atoms with van der Waals surface area (Å²) in [7, 11) is 0. The standard InChI is InChI=1S/C17H27N3O2/c1-3-20(4-2)12-15-8-6-5-7-14(15)11-19-17(21)16-13-22-10-9-18-16/h5-8,16,18H,3-4,9-13H2,1-2H3,(H,19,21). The number of amides is 1. The first kappa shape index (κ1) is 16.9. The summed E-state index contributed by atoms with van der Waals surface area (Å²) in [5.74, 6) is 0.0114. The predicted octanol–water partition coefficient (Wildman–Crippen LogP) is 1.13. The van der Waals surface area contributed by atoms with Gasteiger partial charge in [0.25, 0.3) is 0 Å². The zero-order valence-electron chi connectivity index (χ0n) is 13.6. The van der Waals surface area contributed by atoms with E-state index in [0.717, 1.165) is 26.2 Å². The van der Waals surface area contributed by atoms with Crippen LogP contribution in [0.4, 0.5) is 0 Å². The predicted molar refractivity (Wildman–Crippen MR) is 87.5 cm³/mol. The molecule has 2 rings (SSSR count). The van der Waals surface area contributed by atoms with E-state index in [0.29, 0.717) is 19.8 Å². The summed E-state index contributed by atoms with van der Waals surface area (Å²) in [4.78, 5) is 14.5. The molecule has 1 aliphatic rings. The lowest BCUT2D eigenvalue weighted by Crippen LogP contribution is -2.51. The monoisotopic (exact) mass is 305 g/mol. The molecule has 1 aromatic rings. The number of nitrogens with one attached hydrogen (secondary N) is 2. The third kappa shape index (κ3) is 4.80. The van der Waals surface area contributed by atoms with Crippen molar-refractivity contribution < 1.29 is 9.53 Å². The molecule has 122 valence electrons. The van der Waals surface area contributed by atoms with E-state index >= 15 is 0 Å². The van der Waals surface area contributed by atoms with Crippen molar-refractivity contribution in [2.45, 2.75) is 33.0 Å². The maximum absolute atomic E-state index is 12.2. The third-order valence-electron chi connectivity index (χ3n) is 4.10. The van der Waals surface area contributed by atoms with Gasteiger partial charge in [0, 0.05) is 19.6 Å². The van der Waals surface area contributed by atoms with Gasteiger partial charge in [0.05, 0.1) is 13.2 Å². The van der Waals surface area contributed by atoms with Crippen LogP contribution in [-0.2, 0) is 22.6 Å². The minimum atomic E-state index is -0.233. The minimum Gasteiger partial charge on any atom is -0.378 e. The zero-order valence-corrected chi connectivity index (χ0v) is 13.6. The zero-order chi connectivity index (χ0) is 15.8. The van der Waals surface area contributed by atoms with E-state index in [2.05, 4.69) is 47.6 Å². The SMILES string of the molecule is CCN(CC)Cc1ccccc1CNC(=O)C1COCCN1. The molecule has 2 N–H and O–H groups in total. The number of carbonyl (C=O) groups excluding carboxylic acids is 1. The molecular weight excluding hydrogens is 278 g/mol. The Kier molecular flexibility index (Phi) is 6.83. The number of hydrogen-bond acceptors (Lipinski definition) is 4. The first-order valence-electron chi connectivity index (χ1n) is 8.12. The molecule has 1 aromatic carbocycles. The van der Waals surface area contributed by atoms with Gasteiger partial charge >= 0.3 is 0 Å². The lowest BCUT2D eigenvalue weighted by Gasteiger charge is -2.23. The van der Waals surface area contributed by atoms with Crippen LogP contribution < -0.4 is 10.6 Å². The quantitative estimate of drug-likeness (QED) is 0.793. The van der Waals surface area contributed by atoms with Gasteiger partial charge in [-0.05, 0) is 24.2 Å². The number of benzene rings is 1. The van der Waals surface area contributed by atoms with Crippen LogP contribution >= 0.6 is 0 Å². The highest BCUT2D eigenvalue weighted by molar-refractivity contribution is 5.82. The van der Waals surface area contributed by atoms with Gasteiger partial charge in [-0.25, -0.2) is 0 Å². The Bertz CT molecular complexity index is 469. The molecule has 5 heteroatoms. The number of hydrogen-bond donors (Lipinski definition) is 2. The molecule has 0 radical (unpaired) electrons. The van der Waals surface area contributed by atoms with Gasteiger partial charge in [-0.3, -0.25) is 9.69 Å². The molecule has 0 bridgehead atoms. The molecule has 0 aliphatic carbocycles. The van der Waals surface area contributed by atoms with Crippen molar-refractivity contribution in [3.8, 4) is 0 Å². The fourth-order valence-electron chi connectivity index (χ4n) is 2.61. The number of ether oxygens (including phenoxy) is 1. The Morgan fingerprint density at radius 2 is 2.05 bits per heavy atom. The molecule has 0 spiro atoms. The maximum Gasteiger partial charge on any atom is 0.239 e. The lowest BCUT2D eigenvalue weighted by molar-refractivity contribution is -0.126. The van der Waals surface area contributed by atoms with Crippen molar-refractivity contribution in [1.29, 1.82) is 0 Å². The minimum absolute atomic E-state index is 0.0114. The average molecular weight is 305 g/mol. The van der Waals surface area contributed by atoms with E-state index in [1.807, 2.05) is 6.07 Å². The Morgan fingerprint density at radius 1 is 1.32 bits per heavy atom. The topological polar surface area (TPSA) is 53.6 Å². The summed E-state index contributed by atoms with van der Waals surface area (Å²) >= 11 is 0. The molecule has 1 fully saturated rings. The molecule has 0 saturated carbocycles. The van der Waals surface area contributed by atoms with Crippen molar-refractivity contribution >= 4 is 5.91 Å². The van der Waals surface area contributed by atoms with Crippen LogP contribution in [-0.4, -0.2) is 49.7 Å². The molecular formula is C17H27N3O2. The van der Waals surface area contributed by atoms with Crippen molar-refractivity contribution in [2.24, 2.45) is 0 Å². The Morgan fingerprint density at radius 3 is 2.68 bits per heavy atom. The fourth-order valence-corrected chi connectivity index (χ4v) is 2.61. The molecule has 0 aromatic heterocycles. The van der Waals surface area contributed by atoms with Crippen LogP contribution in [0.3, 0.4) is 0 Å². The highest BCUT2D eigenvalue weighted by atomic mass is 16.5. The molecule has 22 heavy (non-hydrogen) atoms. The van der Waals surface area contributed by atoms with Gasteiger partial charge in [0.15, 0.2) is 0 Å². The highest BCUT2D eigenvalue weighted by Gasteiger charge is 2.20. The van der Waals surface area contributed by atoms with Crippen molar-refractivity contribution in [3.63, 3.8) is 0 Å². The molecule has 5 nitrogen and oxygen atoms in total. The Balaban J connectivity index is 1.93. The van der Waals surface area contributed by atoms with Gasteiger partial charge in [-0.15, -0.1) is 0 Å². The molecule has 1 aliphatic heterocycles. The summed E-state index contributed by atoms with van der Waals surface area (Å²) in [6.07, 6.45) is 0. The second-order valence-corrected chi connectivity index (χ2v) is 5.53. The van der Waals surface area contributed by atoms with Crippen LogP contribution in [0.1, 0.15) is 25.0 Å². The number of morpholine rings is 1. The van der Waals surface area contributed by atoms with Crippen molar-refractivity contribution in [2.75, 3.05) is 32.8 Å². The maximum atomic E-state index is 12.2. The van der Waals surface area contributed by atoms with E-state index in [-0.39, 0.29) is 11.9 Å². The first-order valence-corrected chi connectivity index (χ1v) is 8.12. The third-order valence-corrected chi connectivity index (χ3v) is 4.10. The summed E-state index contributed by atoms with van der Waals surface area (Å²) in [5, 5.41) is 6.19. The molecule has 1 amide bonds.